The number of non-ortho nitro benzene ring substituents is 1. The van der Waals surface area contributed by atoms with Gasteiger partial charge in [0.2, 0.25) is 0 Å². The predicted octanol–water partition coefficient (Wildman–Crippen LogP) is 8.58. The fourth-order valence-electron chi connectivity index (χ4n) is 3.37. The monoisotopic (exact) mass is 1020 g/mol. The lowest BCUT2D eigenvalue weighted by molar-refractivity contribution is -0.385. The molecule has 4 aromatic heterocycles. The third kappa shape index (κ3) is 22.7. The number of benzene rings is 1. The molecule has 340 valence electrons. The highest BCUT2D eigenvalue weighted by molar-refractivity contribution is 8.77. The first-order chi connectivity index (χ1) is 30.7. The van der Waals surface area contributed by atoms with Gasteiger partial charge in [0.1, 0.15) is 57.2 Å². The number of carbonyl (C=O) groups is 1. The molecular weight excluding hydrogens is 987 g/mol. The third-order valence-corrected chi connectivity index (χ3v) is 13.0. The van der Waals surface area contributed by atoms with Gasteiger partial charge in [-0.1, -0.05) is 21.6 Å². The van der Waals surface area contributed by atoms with Crippen LogP contribution < -0.4 is 4.74 Å². The number of nitro groups is 5. The van der Waals surface area contributed by atoms with Crippen molar-refractivity contribution in [1.82, 2.24) is 19.9 Å². The van der Waals surface area contributed by atoms with E-state index in [4.69, 9.17) is 19.7 Å². The Hall–Kier alpha value is -5.54. The highest BCUT2D eigenvalue weighted by Crippen LogP contribution is 2.36. The largest absolute Gasteiger partial charge is 0.513 e. The highest BCUT2D eigenvalue weighted by atomic mass is 33.1. The highest BCUT2D eigenvalue weighted by Gasteiger charge is 2.12. The molecule has 0 aliphatic heterocycles. The van der Waals surface area contributed by atoms with E-state index in [-0.39, 0.29) is 54.0 Å². The smallest absolute Gasteiger partial charge is 0.433 e. The average molecular weight is 1020 g/mol. The third-order valence-electron chi connectivity index (χ3n) is 6.14. The summed E-state index contributed by atoms with van der Waals surface area (Å²) >= 11 is 3.67. The number of rotatable bonds is 19. The molecular formula is C33H31N9O15S7. The number of aliphatic hydroxyl groups excluding tert-OH is 2. The second-order valence-electron chi connectivity index (χ2n) is 10.5. The Morgan fingerprint density at radius 1 is 0.516 bits per heavy atom. The Labute approximate surface area is 389 Å². The molecule has 1 aromatic carbocycles. The molecule has 5 rings (SSSR count). The average Bonchev–Trinajstić information content (AvgIpc) is 3.29. The van der Waals surface area contributed by atoms with Crippen molar-refractivity contribution in [2.24, 2.45) is 0 Å². The Balaban J connectivity index is 0.000000329. The fourth-order valence-corrected chi connectivity index (χ4v) is 8.40. The van der Waals surface area contributed by atoms with Crippen molar-refractivity contribution in [3.63, 3.8) is 0 Å². The number of carbonyl (C=O) groups excluding carboxylic acids is 1. The minimum absolute atomic E-state index is 0.0125. The number of pyridine rings is 4. The molecule has 4 heterocycles. The molecule has 0 saturated heterocycles. The molecule has 0 atom stereocenters. The van der Waals surface area contributed by atoms with Crippen LogP contribution in [0.3, 0.4) is 0 Å². The van der Waals surface area contributed by atoms with Gasteiger partial charge in [0.15, 0.2) is 0 Å². The maximum absolute atomic E-state index is 11.5. The summed E-state index contributed by atoms with van der Waals surface area (Å²) in [5.41, 5.74) is -0.363. The van der Waals surface area contributed by atoms with Gasteiger partial charge in [0, 0.05) is 53.7 Å². The lowest BCUT2D eigenvalue weighted by Gasteiger charge is -2.05. The van der Waals surface area contributed by atoms with Crippen LogP contribution in [0, 0.1) is 50.6 Å². The quantitative estimate of drug-likeness (QED) is 0.0132. The van der Waals surface area contributed by atoms with E-state index in [0.29, 0.717) is 37.4 Å². The van der Waals surface area contributed by atoms with Crippen LogP contribution >= 0.6 is 77.4 Å². The maximum atomic E-state index is 11.5. The number of nitrogens with zero attached hydrogens (tertiary/aromatic N) is 9. The normalized spacial score (nSPS) is 9.98. The molecule has 0 bridgehead atoms. The number of aliphatic hydroxyl groups is 2. The number of nitro benzene ring substituents is 1. The van der Waals surface area contributed by atoms with Gasteiger partial charge in [-0.05, 0) is 79.6 Å². The lowest BCUT2D eigenvalue weighted by Crippen LogP contribution is -2.12. The molecule has 0 aliphatic carbocycles. The Morgan fingerprint density at radius 2 is 0.844 bits per heavy atom. The number of ether oxygens (including phenoxy) is 2. The molecule has 0 aliphatic rings. The van der Waals surface area contributed by atoms with Gasteiger partial charge >= 0.3 is 6.16 Å². The van der Waals surface area contributed by atoms with E-state index >= 15 is 0 Å². The summed E-state index contributed by atoms with van der Waals surface area (Å²) in [6, 6.07) is 16.7. The van der Waals surface area contributed by atoms with Crippen molar-refractivity contribution >= 4 is 112 Å². The topological polar surface area (TPSA) is 343 Å². The van der Waals surface area contributed by atoms with E-state index in [9.17, 15) is 55.4 Å². The Morgan fingerprint density at radius 3 is 1.14 bits per heavy atom. The van der Waals surface area contributed by atoms with Crippen LogP contribution in [0.1, 0.15) is 0 Å². The first-order valence-electron chi connectivity index (χ1n) is 16.9. The lowest BCUT2D eigenvalue weighted by atomic mass is 10.3. The molecule has 5 aromatic rings. The van der Waals surface area contributed by atoms with Crippen LogP contribution in [0.15, 0.2) is 118 Å². The number of thiol groups is 1. The van der Waals surface area contributed by atoms with Crippen LogP contribution in [-0.2, 0) is 4.74 Å². The molecule has 2 N–H and O–H groups in total. The van der Waals surface area contributed by atoms with Crippen molar-refractivity contribution in [3.8, 4) is 5.75 Å². The van der Waals surface area contributed by atoms with Gasteiger partial charge in [-0.2, -0.15) is 12.6 Å². The van der Waals surface area contributed by atoms with Crippen molar-refractivity contribution < 1.29 is 49.1 Å². The second kappa shape index (κ2) is 31.3. The molecule has 24 nitrogen and oxygen atoms in total. The molecule has 0 fully saturated rings. The summed E-state index contributed by atoms with van der Waals surface area (Å²) in [6.45, 7) is 0.379. The zero-order valence-corrected chi connectivity index (χ0v) is 37.9. The fraction of sp³-hybridized carbons (Fsp3) is 0.182. The van der Waals surface area contributed by atoms with Crippen LogP contribution in [-0.4, -0.2) is 98.0 Å². The standard InChI is InChI=1S/C14H11N3O7S2.C10H6N4O4S2.C7H8N2O3S2.C2H6OS/c18-14(24-12-4-1-10(2-5-12)16(19)20)23-7-8-25-26-13-6-3-11(9-15-13)17(21)22;15-13(16)7-1-3-9(11-5-7)19-20-10-4-2-8(6-12-10)14(17)18;10-3-4-13-14-7-2-1-6(5-8-7)9(11)12;3-1-2-4/h1-6,9H,7-8H2;1-6H;1-2,5,10H,3-4H2;3-4H,1-2H2. The van der Waals surface area contributed by atoms with E-state index in [1.165, 1.54) is 156 Å². The predicted molar refractivity (Wildman–Crippen MR) is 245 cm³/mol. The van der Waals surface area contributed by atoms with Crippen molar-refractivity contribution in [2.45, 2.75) is 20.1 Å². The summed E-state index contributed by atoms with van der Waals surface area (Å²) in [4.78, 5) is 76.8. The van der Waals surface area contributed by atoms with Gasteiger partial charge in [-0.3, -0.25) is 50.6 Å². The van der Waals surface area contributed by atoms with Gasteiger partial charge in [0.05, 0.1) is 37.8 Å². The molecule has 0 spiro atoms. The molecule has 64 heavy (non-hydrogen) atoms. The van der Waals surface area contributed by atoms with E-state index in [0.717, 1.165) is 0 Å². The van der Waals surface area contributed by atoms with Gasteiger partial charge in [-0.25, -0.2) is 24.7 Å². The van der Waals surface area contributed by atoms with E-state index in [2.05, 4.69) is 32.6 Å². The van der Waals surface area contributed by atoms with Crippen LogP contribution in [0.25, 0.3) is 0 Å². The van der Waals surface area contributed by atoms with Gasteiger partial charge in [0.25, 0.3) is 28.4 Å². The first kappa shape index (κ1) is 54.6. The Kier molecular flexibility index (Phi) is 26.7. The minimum Gasteiger partial charge on any atom is -0.433 e. The SMILES string of the molecule is O=C(OCCSSc1ccc([N+](=O)[O-])cn1)Oc1ccc([N+](=O)[O-])cc1.O=[N+]([O-])c1ccc(SSCCO)nc1.O=[N+]([O-])c1ccc(SSc2ccc([N+](=O)[O-])cn2)nc1.OCCS. The number of hydrogen-bond donors (Lipinski definition) is 3. The van der Waals surface area contributed by atoms with Gasteiger partial charge < -0.3 is 19.7 Å². The van der Waals surface area contributed by atoms with Crippen LogP contribution in [0.4, 0.5) is 33.2 Å². The number of hydrogen-bond acceptors (Lipinski definition) is 26. The van der Waals surface area contributed by atoms with E-state index in [1.54, 1.807) is 6.07 Å². The molecule has 0 radical (unpaired) electrons. The summed E-state index contributed by atoms with van der Waals surface area (Å²) < 4.78 is 9.75. The molecule has 31 heteroatoms. The van der Waals surface area contributed by atoms with Crippen molar-refractivity contribution in [1.29, 1.82) is 0 Å². The molecule has 0 unspecified atom stereocenters. The first-order valence-corrected chi connectivity index (χ1v) is 24.4. The van der Waals surface area contributed by atoms with Crippen molar-refractivity contribution in [2.75, 3.05) is 37.1 Å². The molecule has 0 saturated carbocycles. The Bertz CT molecular complexity index is 2180. The maximum Gasteiger partial charge on any atom is 0.513 e. The zero-order valence-electron chi connectivity index (χ0n) is 32.1. The van der Waals surface area contributed by atoms with Gasteiger partial charge in [-0.15, -0.1) is 0 Å². The summed E-state index contributed by atoms with van der Waals surface area (Å²) in [7, 11) is 8.00. The number of aromatic nitrogens is 4. The van der Waals surface area contributed by atoms with Crippen LogP contribution in [0.2, 0.25) is 0 Å². The summed E-state index contributed by atoms with van der Waals surface area (Å²) in [5.74, 6) is 1.76. The molecule has 0 amide bonds. The zero-order chi connectivity index (χ0) is 47.3. The van der Waals surface area contributed by atoms with E-state index in [1.807, 2.05) is 0 Å². The second-order valence-corrected chi connectivity index (χ2v) is 18.0. The van der Waals surface area contributed by atoms with Crippen molar-refractivity contribution in [3.05, 3.63) is 148 Å². The van der Waals surface area contributed by atoms with Crippen LogP contribution in [0.5, 0.6) is 5.75 Å². The summed E-state index contributed by atoms with van der Waals surface area (Å²) in [6.07, 6.45) is 3.82. The van der Waals surface area contributed by atoms with E-state index < -0.39 is 30.8 Å². The summed E-state index contributed by atoms with van der Waals surface area (Å²) in [5, 5.41) is 71.0. The minimum atomic E-state index is -0.919.